The largest absolute Gasteiger partial charge is 0.316 e. The van der Waals surface area contributed by atoms with E-state index in [4.69, 9.17) is 0 Å². The molecule has 22 heavy (non-hydrogen) atoms. The number of aromatic nitrogens is 1. The third-order valence-corrected chi connectivity index (χ3v) is 5.88. The lowest BCUT2D eigenvalue weighted by Crippen LogP contribution is -2.16. The summed E-state index contributed by atoms with van der Waals surface area (Å²) in [6.07, 6.45) is 0. The zero-order chi connectivity index (χ0) is 15.7. The van der Waals surface area contributed by atoms with E-state index < -0.39 is 10.0 Å². The summed E-state index contributed by atoms with van der Waals surface area (Å²) in [7, 11) is -3.70. The molecule has 0 bridgehead atoms. The van der Waals surface area contributed by atoms with Crippen LogP contribution in [0.4, 0.5) is 0 Å². The Morgan fingerprint density at radius 3 is 2.45 bits per heavy atom. The minimum Gasteiger partial charge on any atom is -0.316 e. The second-order valence-electron chi connectivity index (χ2n) is 4.98. The molecule has 0 fully saturated rings. The molecule has 0 aliphatic carbocycles. The highest BCUT2D eigenvalue weighted by Crippen LogP contribution is 2.18. The van der Waals surface area contributed by atoms with Crippen LogP contribution in [0.25, 0.3) is 10.2 Å². The lowest BCUT2D eigenvalue weighted by molar-refractivity contribution is 0.595. The SMILES string of the molecule is CCn1c(=NS(=O)(=O)c2ccc(C)cc2)sc2ccccc21. The van der Waals surface area contributed by atoms with Gasteiger partial charge in [-0.2, -0.15) is 8.42 Å². The molecule has 0 aliphatic heterocycles. The highest BCUT2D eigenvalue weighted by Gasteiger charge is 2.14. The first kappa shape index (κ1) is 15.0. The van der Waals surface area contributed by atoms with E-state index in [-0.39, 0.29) is 4.90 Å². The number of para-hydroxylation sites is 1. The quantitative estimate of drug-likeness (QED) is 0.739. The second kappa shape index (κ2) is 5.70. The third kappa shape index (κ3) is 2.71. The highest BCUT2D eigenvalue weighted by atomic mass is 32.2. The Morgan fingerprint density at radius 2 is 1.77 bits per heavy atom. The molecule has 0 saturated heterocycles. The smallest absolute Gasteiger partial charge is 0.285 e. The van der Waals surface area contributed by atoms with Crippen LogP contribution >= 0.6 is 11.3 Å². The van der Waals surface area contributed by atoms with Gasteiger partial charge in [0.15, 0.2) is 0 Å². The van der Waals surface area contributed by atoms with E-state index in [2.05, 4.69) is 4.40 Å². The number of nitrogens with zero attached hydrogens (tertiary/aromatic N) is 2. The second-order valence-corrected chi connectivity index (χ2v) is 7.59. The van der Waals surface area contributed by atoms with Crippen molar-refractivity contribution in [1.29, 1.82) is 0 Å². The molecular weight excluding hydrogens is 316 g/mol. The molecule has 0 N–H and O–H groups in total. The molecule has 0 amide bonds. The number of sulfonamides is 1. The molecule has 0 unspecified atom stereocenters. The van der Waals surface area contributed by atoms with Crippen molar-refractivity contribution in [2.45, 2.75) is 25.3 Å². The Bertz CT molecular complexity index is 981. The molecule has 0 spiro atoms. The van der Waals surface area contributed by atoms with E-state index in [0.717, 1.165) is 15.8 Å². The fraction of sp³-hybridized carbons (Fsp3) is 0.188. The van der Waals surface area contributed by atoms with Crippen LogP contribution in [0.1, 0.15) is 12.5 Å². The Kier molecular flexibility index (Phi) is 3.88. The maximum Gasteiger partial charge on any atom is 0.285 e. The van der Waals surface area contributed by atoms with Crippen LogP contribution in [0.3, 0.4) is 0 Å². The lowest BCUT2D eigenvalue weighted by Gasteiger charge is -2.01. The zero-order valence-corrected chi connectivity index (χ0v) is 14.0. The van der Waals surface area contributed by atoms with Crippen LogP contribution < -0.4 is 4.80 Å². The molecule has 1 aromatic heterocycles. The number of aryl methyl sites for hydroxylation is 2. The molecule has 6 heteroatoms. The average molecular weight is 332 g/mol. The van der Waals surface area contributed by atoms with Gasteiger partial charge in [0.05, 0.1) is 15.1 Å². The van der Waals surface area contributed by atoms with E-state index in [9.17, 15) is 8.42 Å². The predicted octanol–water partition coefficient (Wildman–Crippen LogP) is 3.32. The Morgan fingerprint density at radius 1 is 1.09 bits per heavy atom. The van der Waals surface area contributed by atoms with Crippen molar-refractivity contribution in [3.05, 3.63) is 58.9 Å². The molecule has 4 nitrogen and oxygen atoms in total. The maximum absolute atomic E-state index is 12.5. The molecular formula is C16H16N2O2S2. The summed E-state index contributed by atoms with van der Waals surface area (Å²) in [5.41, 5.74) is 2.03. The molecule has 2 aromatic carbocycles. The summed E-state index contributed by atoms with van der Waals surface area (Å²) in [5, 5.41) is 0. The lowest BCUT2D eigenvalue weighted by atomic mass is 10.2. The van der Waals surface area contributed by atoms with Gasteiger partial charge in [-0.1, -0.05) is 41.2 Å². The van der Waals surface area contributed by atoms with Crippen molar-refractivity contribution >= 4 is 31.6 Å². The van der Waals surface area contributed by atoms with Crippen molar-refractivity contribution in [2.75, 3.05) is 0 Å². The van der Waals surface area contributed by atoms with Gasteiger partial charge < -0.3 is 4.57 Å². The zero-order valence-electron chi connectivity index (χ0n) is 12.4. The molecule has 0 aliphatic rings. The Labute approximate surface area is 133 Å². The molecule has 114 valence electrons. The van der Waals surface area contributed by atoms with Gasteiger partial charge in [-0.15, -0.1) is 4.40 Å². The molecule has 0 saturated carbocycles. The van der Waals surface area contributed by atoms with Crippen LogP contribution in [0.5, 0.6) is 0 Å². The molecule has 3 rings (SSSR count). The number of benzene rings is 2. The number of rotatable bonds is 3. The van der Waals surface area contributed by atoms with Gasteiger partial charge in [0, 0.05) is 6.54 Å². The van der Waals surface area contributed by atoms with E-state index >= 15 is 0 Å². The highest BCUT2D eigenvalue weighted by molar-refractivity contribution is 7.90. The van der Waals surface area contributed by atoms with E-state index in [0.29, 0.717) is 11.3 Å². The van der Waals surface area contributed by atoms with E-state index in [1.165, 1.54) is 11.3 Å². The van der Waals surface area contributed by atoms with Crippen molar-refractivity contribution < 1.29 is 8.42 Å². The first-order chi connectivity index (χ1) is 10.5. The first-order valence-electron chi connectivity index (χ1n) is 6.97. The van der Waals surface area contributed by atoms with Gasteiger partial charge in [-0.05, 0) is 38.1 Å². The molecule has 1 heterocycles. The number of hydrogen-bond donors (Lipinski definition) is 0. The molecule has 3 aromatic rings. The van der Waals surface area contributed by atoms with E-state index in [1.807, 2.05) is 42.7 Å². The van der Waals surface area contributed by atoms with Crippen molar-refractivity contribution in [2.24, 2.45) is 4.40 Å². The number of thiazole rings is 1. The normalized spacial score (nSPS) is 12.9. The summed E-state index contributed by atoms with van der Waals surface area (Å²) < 4.78 is 32.0. The van der Waals surface area contributed by atoms with Gasteiger partial charge in [0.1, 0.15) is 0 Å². The van der Waals surface area contributed by atoms with Crippen LogP contribution in [0.15, 0.2) is 57.8 Å². The number of hydrogen-bond acceptors (Lipinski definition) is 3. The minimum absolute atomic E-state index is 0.221. The average Bonchev–Trinajstić information content (AvgIpc) is 2.83. The summed E-state index contributed by atoms with van der Waals surface area (Å²) in [6, 6.07) is 14.6. The van der Waals surface area contributed by atoms with Gasteiger partial charge in [0.2, 0.25) is 4.80 Å². The topological polar surface area (TPSA) is 51.4 Å². The first-order valence-corrected chi connectivity index (χ1v) is 9.23. The summed E-state index contributed by atoms with van der Waals surface area (Å²) >= 11 is 1.39. The van der Waals surface area contributed by atoms with Crippen LogP contribution in [-0.2, 0) is 16.6 Å². The van der Waals surface area contributed by atoms with Crippen LogP contribution in [-0.4, -0.2) is 13.0 Å². The number of fused-ring (bicyclic) bond motifs is 1. The fourth-order valence-electron chi connectivity index (χ4n) is 2.26. The Hall–Kier alpha value is -1.92. The summed E-state index contributed by atoms with van der Waals surface area (Å²) in [5.74, 6) is 0. The van der Waals surface area contributed by atoms with Gasteiger partial charge >= 0.3 is 0 Å². The monoisotopic (exact) mass is 332 g/mol. The summed E-state index contributed by atoms with van der Waals surface area (Å²) in [4.78, 5) is 0.725. The molecule has 0 radical (unpaired) electrons. The molecule has 0 atom stereocenters. The standard InChI is InChI=1S/C16H16N2O2S2/c1-3-18-14-6-4-5-7-15(14)21-16(18)17-22(19,20)13-10-8-12(2)9-11-13/h4-11H,3H2,1-2H3. The third-order valence-electron chi connectivity index (χ3n) is 3.42. The van der Waals surface area contributed by atoms with Gasteiger partial charge in [-0.25, -0.2) is 0 Å². The Balaban J connectivity index is 2.21. The fourth-order valence-corrected chi connectivity index (χ4v) is 4.56. The minimum atomic E-state index is -3.70. The van der Waals surface area contributed by atoms with Crippen molar-refractivity contribution in [3.63, 3.8) is 0 Å². The summed E-state index contributed by atoms with van der Waals surface area (Å²) in [6.45, 7) is 4.58. The van der Waals surface area contributed by atoms with Gasteiger partial charge in [-0.3, -0.25) is 0 Å². The van der Waals surface area contributed by atoms with Crippen molar-refractivity contribution in [1.82, 2.24) is 4.57 Å². The van der Waals surface area contributed by atoms with Gasteiger partial charge in [0.25, 0.3) is 10.0 Å². The van der Waals surface area contributed by atoms with E-state index in [1.54, 1.807) is 24.3 Å². The van der Waals surface area contributed by atoms with Crippen LogP contribution in [0.2, 0.25) is 0 Å². The maximum atomic E-state index is 12.5. The predicted molar refractivity (Wildman–Crippen MR) is 89.4 cm³/mol. The van der Waals surface area contributed by atoms with Crippen molar-refractivity contribution in [3.8, 4) is 0 Å². The van der Waals surface area contributed by atoms with Crippen LogP contribution in [0, 0.1) is 6.92 Å².